The van der Waals surface area contributed by atoms with Crippen LogP contribution in [0.5, 0.6) is 0 Å². The number of carbonyl (C=O) groups is 3. The van der Waals surface area contributed by atoms with Gasteiger partial charge in [0.05, 0.1) is 0 Å². The largest absolute Gasteiger partial charge is 0.477 e. The molecule has 1 saturated heterocycles. The number of carbonyl (C=O) groups excluding carboxylic acids is 2. The topological polar surface area (TPSA) is 156 Å². The van der Waals surface area contributed by atoms with Crippen LogP contribution in [0.25, 0.3) is 4.83 Å². The van der Waals surface area contributed by atoms with Crippen molar-refractivity contribution in [1.82, 2.24) is 19.6 Å². The molecule has 0 unspecified atom stereocenters. The van der Waals surface area contributed by atoms with Gasteiger partial charge in [0.2, 0.25) is 4.83 Å². The summed E-state index contributed by atoms with van der Waals surface area (Å²) in [6.45, 7) is 2.30. The summed E-state index contributed by atoms with van der Waals surface area (Å²) in [6, 6.07) is -0.907. The van der Waals surface area contributed by atoms with Gasteiger partial charge in [0.1, 0.15) is 48.9 Å². The van der Waals surface area contributed by atoms with Crippen LogP contribution in [0.1, 0.15) is 11.5 Å². The molecule has 1 fully saturated rings. The van der Waals surface area contributed by atoms with Gasteiger partial charge in [0.15, 0.2) is 10.8 Å². The molecule has 5 heterocycles. The second kappa shape index (κ2) is 8.98. The first kappa shape index (κ1) is 23.3. The molecule has 182 valence electrons. The average molecular weight is 535 g/mol. The molecule has 15 heteroatoms. The van der Waals surface area contributed by atoms with E-state index in [0.717, 1.165) is 22.0 Å². The highest BCUT2D eigenvalue weighted by Gasteiger charge is 2.54. The van der Waals surface area contributed by atoms with Gasteiger partial charge in [-0.3, -0.25) is 14.5 Å². The first-order valence-corrected chi connectivity index (χ1v) is 13.1. The molecule has 3 aromatic heterocycles. The number of aliphatic carboxylic acids is 1. The minimum Gasteiger partial charge on any atom is -0.477 e. The molecule has 5 rings (SSSR count). The van der Waals surface area contributed by atoms with Gasteiger partial charge in [0.25, 0.3) is 17.6 Å². The number of nitrogens with zero attached hydrogens (tertiary/aromatic N) is 5. The lowest BCUT2D eigenvalue weighted by molar-refractivity contribution is -0.693. The Balaban J connectivity index is 1.37. The monoisotopic (exact) mass is 534 g/mol. The van der Waals surface area contributed by atoms with E-state index < -0.39 is 29.2 Å². The van der Waals surface area contributed by atoms with Crippen molar-refractivity contribution in [3.63, 3.8) is 0 Å². The minimum absolute atomic E-state index is 0.0382. The smallest absolute Gasteiger partial charge is 0.352 e. The van der Waals surface area contributed by atoms with E-state index in [2.05, 4.69) is 15.5 Å². The van der Waals surface area contributed by atoms with E-state index in [0.29, 0.717) is 17.9 Å². The number of rotatable bonds is 7. The number of carboxylic acid groups (broad SMARTS) is 1. The molecule has 0 aromatic carbocycles. The summed E-state index contributed by atoms with van der Waals surface area (Å²) < 4.78 is 4.00. The van der Waals surface area contributed by atoms with Gasteiger partial charge < -0.3 is 21.0 Å². The molecule has 12 nitrogen and oxygen atoms in total. The average Bonchev–Trinajstić information content (AvgIpc) is 3.54. The van der Waals surface area contributed by atoms with E-state index in [4.69, 9.17) is 10.6 Å². The Labute approximate surface area is 210 Å². The van der Waals surface area contributed by atoms with E-state index in [1.807, 2.05) is 33.7 Å². The maximum atomic E-state index is 13.0. The number of imidazole rings is 1. The third-order valence-corrected chi connectivity index (χ3v) is 8.54. The van der Waals surface area contributed by atoms with Crippen molar-refractivity contribution in [2.24, 2.45) is 5.16 Å². The molecule has 0 bridgehead atoms. The van der Waals surface area contributed by atoms with Gasteiger partial charge >= 0.3 is 5.97 Å². The van der Waals surface area contributed by atoms with E-state index in [1.165, 1.54) is 23.8 Å². The fourth-order valence-corrected chi connectivity index (χ4v) is 6.79. The Morgan fingerprint density at radius 1 is 1.43 bits per heavy atom. The van der Waals surface area contributed by atoms with Crippen molar-refractivity contribution in [3.05, 3.63) is 45.9 Å². The summed E-state index contributed by atoms with van der Waals surface area (Å²) >= 11 is 4.13. The molecule has 2 amide bonds. The van der Waals surface area contributed by atoms with Crippen LogP contribution >= 0.6 is 34.4 Å². The van der Waals surface area contributed by atoms with E-state index in [1.54, 1.807) is 16.7 Å². The number of thioether (sulfide) groups is 1. The van der Waals surface area contributed by atoms with Crippen LogP contribution in [-0.4, -0.2) is 67.2 Å². The Morgan fingerprint density at radius 3 is 2.89 bits per heavy atom. The first-order valence-electron chi connectivity index (χ1n) is 10.3. The highest BCUT2D eigenvalue weighted by atomic mass is 32.2. The normalized spacial score (nSPS) is 20.1. The zero-order valence-corrected chi connectivity index (χ0v) is 20.9. The van der Waals surface area contributed by atoms with Crippen LogP contribution in [0.4, 0.5) is 5.13 Å². The number of carboxylic acids is 1. The number of β-lactam (4-membered cyclic amide) rings is 1. The third kappa shape index (κ3) is 3.94. The first-order chi connectivity index (χ1) is 16.8. The predicted octanol–water partition coefficient (Wildman–Crippen LogP) is 0.425. The number of hydrogen-bond acceptors (Lipinski definition) is 10. The summed E-state index contributed by atoms with van der Waals surface area (Å²) in [5.41, 5.74) is 6.34. The molecule has 0 aliphatic carbocycles. The van der Waals surface area contributed by atoms with Crippen molar-refractivity contribution >= 4 is 67.9 Å². The van der Waals surface area contributed by atoms with Crippen molar-refractivity contribution in [2.45, 2.75) is 24.9 Å². The summed E-state index contributed by atoms with van der Waals surface area (Å²) in [5, 5.41) is 19.6. The highest BCUT2D eigenvalue weighted by Crippen LogP contribution is 2.40. The van der Waals surface area contributed by atoms with Gasteiger partial charge in [-0.1, -0.05) is 16.5 Å². The fourth-order valence-electron chi connectivity index (χ4n) is 4.09. The number of hydrogen-bond donors (Lipinski definition) is 3. The van der Waals surface area contributed by atoms with E-state index in [-0.39, 0.29) is 22.2 Å². The van der Waals surface area contributed by atoms with Crippen molar-refractivity contribution in [3.8, 4) is 0 Å². The van der Waals surface area contributed by atoms with Crippen LogP contribution < -0.4 is 15.6 Å². The Morgan fingerprint density at radius 2 is 2.23 bits per heavy atom. The van der Waals surface area contributed by atoms with Crippen LogP contribution in [0.3, 0.4) is 0 Å². The predicted molar refractivity (Wildman–Crippen MR) is 130 cm³/mol. The van der Waals surface area contributed by atoms with Gasteiger partial charge in [-0.05, 0) is 0 Å². The number of anilines is 1. The zero-order valence-electron chi connectivity index (χ0n) is 18.5. The summed E-state index contributed by atoms with van der Waals surface area (Å²) in [4.78, 5) is 49.2. The number of oxime groups is 1. The number of nitrogens with one attached hydrogen (secondary N) is 1. The summed E-state index contributed by atoms with van der Waals surface area (Å²) in [5.74, 6) is -0.984. The quantitative estimate of drug-likeness (QED) is 0.171. The molecule has 4 N–H and O–H groups in total. The number of aryl methyl sites for hydroxylation is 1. The number of fused-ring (bicyclic) bond motifs is 2. The number of aromatic nitrogens is 3. The SMILES string of the molecule is CO/N=C(\C(=O)N[C@@H]1C(=O)N2C(C(=O)O)=C(C[n+]3cc4sccn4c3C)CS[C@H]12)c1csc(N)n1. The van der Waals surface area contributed by atoms with Crippen molar-refractivity contribution in [2.75, 3.05) is 18.6 Å². The van der Waals surface area contributed by atoms with Crippen LogP contribution in [0, 0.1) is 6.92 Å². The lowest BCUT2D eigenvalue weighted by atomic mass is 10.0. The molecule has 0 radical (unpaired) electrons. The Kier molecular flexibility index (Phi) is 5.98. The fraction of sp³-hybridized carbons (Fsp3) is 0.300. The lowest BCUT2D eigenvalue weighted by Gasteiger charge is -2.49. The highest BCUT2D eigenvalue weighted by molar-refractivity contribution is 8.00. The molecule has 2 aliphatic heterocycles. The second-order valence-corrected chi connectivity index (χ2v) is 10.6. The molecular formula is C20H20N7O5S3+. The maximum absolute atomic E-state index is 13.0. The lowest BCUT2D eigenvalue weighted by Crippen LogP contribution is -2.71. The van der Waals surface area contributed by atoms with Gasteiger partial charge in [-0.25, -0.2) is 14.3 Å². The van der Waals surface area contributed by atoms with E-state index in [9.17, 15) is 19.5 Å². The minimum atomic E-state index is -1.18. The summed E-state index contributed by atoms with van der Waals surface area (Å²) in [7, 11) is 1.29. The number of nitrogens with two attached hydrogens (primary N) is 1. The Bertz CT molecular complexity index is 1420. The van der Waals surface area contributed by atoms with Crippen LogP contribution in [-0.2, 0) is 25.8 Å². The number of thiazole rings is 2. The molecule has 35 heavy (non-hydrogen) atoms. The number of nitrogen functional groups attached to an aromatic ring is 1. The third-order valence-electron chi connectivity index (χ3n) is 5.73. The molecule has 2 aliphatic rings. The maximum Gasteiger partial charge on any atom is 0.352 e. The van der Waals surface area contributed by atoms with Crippen molar-refractivity contribution < 1.29 is 28.9 Å². The van der Waals surface area contributed by atoms with Crippen LogP contribution in [0.2, 0.25) is 0 Å². The van der Waals surface area contributed by atoms with Crippen LogP contribution in [0.15, 0.2) is 39.6 Å². The molecule has 3 aromatic rings. The van der Waals surface area contributed by atoms with Gasteiger partial charge in [-0.2, -0.15) is 4.40 Å². The summed E-state index contributed by atoms with van der Waals surface area (Å²) in [6.07, 6.45) is 3.92. The van der Waals surface area contributed by atoms with E-state index >= 15 is 0 Å². The Hall–Kier alpha value is -3.43. The van der Waals surface area contributed by atoms with Crippen molar-refractivity contribution in [1.29, 1.82) is 0 Å². The molecular weight excluding hydrogens is 514 g/mol. The van der Waals surface area contributed by atoms with Gasteiger partial charge in [-0.15, -0.1) is 23.1 Å². The standard InChI is InChI=1S/C20H19N7O5S3/c1-9-25(6-12-26(9)3-4-33-12)5-10-7-34-18-14(17(29)27(18)15(10)19(30)31)23-16(28)13(24-32-2)11-8-35-20(21)22-11/h3-4,6,8,14,18H,5,7H2,1-2H3,(H3-,21,22,23,28,30,31)/p+1/b24-13-/t14-,18-/m1/s1. The molecule has 2 atom stereocenters. The zero-order chi connectivity index (χ0) is 24.9. The molecule has 0 spiro atoms. The molecule has 0 saturated carbocycles. The number of amides is 2. The second-order valence-electron chi connectivity index (χ2n) is 7.73. The van der Waals surface area contributed by atoms with Gasteiger partial charge in [0, 0.05) is 29.0 Å².